The van der Waals surface area contributed by atoms with Gasteiger partial charge in [0.1, 0.15) is 4.21 Å². The molecule has 1 fully saturated rings. The van der Waals surface area contributed by atoms with Crippen LogP contribution in [0, 0.1) is 6.92 Å². The standard InChI is InChI=1S/C12H20N4O3S2/c1-9-3-4-11(20-9)21(18,19)16-7-5-15(6-8-16)10(2)12(13)14-17/h3-4,10,17H,5-8H2,1-2H3,(H2,13,14). The van der Waals surface area contributed by atoms with Crippen molar-refractivity contribution in [2.45, 2.75) is 24.1 Å². The van der Waals surface area contributed by atoms with Crippen molar-refractivity contribution in [2.75, 3.05) is 26.2 Å². The summed E-state index contributed by atoms with van der Waals surface area (Å²) < 4.78 is 26.9. The molecule has 2 rings (SSSR count). The zero-order chi connectivity index (χ0) is 15.6. The number of oxime groups is 1. The van der Waals surface area contributed by atoms with Crippen LogP contribution in [0.25, 0.3) is 0 Å². The highest BCUT2D eigenvalue weighted by Crippen LogP contribution is 2.25. The summed E-state index contributed by atoms with van der Waals surface area (Å²) in [6.07, 6.45) is 0. The largest absolute Gasteiger partial charge is 0.409 e. The molecule has 3 N–H and O–H groups in total. The number of sulfonamides is 1. The molecule has 0 aromatic carbocycles. The predicted molar refractivity (Wildman–Crippen MR) is 82.3 cm³/mol. The molecule has 21 heavy (non-hydrogen) atoms. The topological polar surface area (TPSA) is 99.2 Å². The molecule has 1 aliphatic rings. The molecule has 2 heterocycles. The molecule has 1 aliphatic heterocycles. The predicted octanol–water partition coefficient (Wildman–Crippen LogP) is 0.498. The lowest BCUT2D eigenvalue weighted by Crippen LogP contribution is -2.54. The van der Waals surface area contributed by atoms with E-state index in [0.29, 0.717) is 30.4 Å². The van der Waals surface area contributed by atoms with E-state index < -0.39 is 10.0 Å². The van der Waals surface area contributed by atoms with Gasteiger partial charge < -0.3 is 10.9 Å². The quantitative estimate of drug-likeness (QED) is 0.362. The number of nitrogens with zero attached hydrogens (tertiary/aromatic N) is 3. The maximum atomic E-state index is 12.5. The van der Waals surface area contributed by atoms with Gasteiger partial charge in [-0.2, -0.15) is 4.31 Å². The molecule has 1 atom stereocenters. The summed E-state index contributed by atoms with van der Waals surface area (Å²) in [4.78, 5) is 2.98. The third-order valence-electron chi connectivity index (χ3n) is 3.67. The van der Waals surface area contributed by atoms with E-state index in [0.717, 1.165) is 4.88 Å². The fourth-order valence-corrected chi connectivity index (χ4v) is 5.14. The fourth-order valence-electron chi connectivity index (χ4n) is 2.28. The minimum Gasteiger partial charge on any atom is -0.409 e. The van der Waals surface area contributed by atoms with Gasteiger partial charge in [-0.3, -0.25) is 4.90 Å². The number of hydrogen-bond acceptors (Lipinski definition) is 6. The van der Waals surface area contributed by atoms with Crippen LogP contribution in [-0.2, 0) is 10.0 Å². The van der Waals surface area contributed by atoms with Crippen molar-refractivity contribution in [3.05, 3.63) is 17.0 Å². The lowest BCUT2D eigenvalue weighted by Gasteiger charge is -2.36. The molecule has 9 heteroatoms. The Morgan fingerprint density at radius 3 is 2.48 bits per heavy atom. The Balaban J connectivity index is 2.04. The van der Waals surface area contributed by atoms with Crippen molar-refractivity contribution in [3.63, 3.8) is 0 Å². The summed E-state index contributed by atoms with van der Waals surface area (Å²) in [5, 5.41) is 11.7. The molecule has 0 saturated carbocycles. The first-order chi connectivity index (χ1) is 9.86. The van der Waals surface area contributed by atoms with Crippen LogP contribution in [0.5, 0.6) is 0 Å². The van der Waals surface area contributed by atoms with Crippen molar-refractivity contribution < 1.29 is 13.6 Å². The lowest BCUT2D eigenvalue weighted by atomic mass is 10.2. The molecular weight excluding hydrogens is 312 g/mol. The van der Waals surface area contributed by atoms with Gasteiger partial charge >= 0.3 is 0 Å². The average Bonchev–Trinajstić information content (AvgIpc) is 2.93. The van der Waals surface area contributed by atoms with Gasteiger partial charge in [0.2, 0.25) is 0 Å². The highest BCUT2D eigenvalue weighted by Gasteiger charge is 2.31. The number of nitrogens with two attached hydrogens (primary N) is 1. The highest BCUT2D eigenvalue weighted by molar-refractivity contribution is 7.91. The first kappa shape index (κ1) is 16.2. The van der Waals surface area contributed by atoms with Crippen LogP contribution in [-0.4, -0.2) is 60.9 Å². The number of rotatable bonds is 4. The van der Waals surface area contributed by atoms with Crippen LogP contribution in [0.3, 0.4) is 0 Å². The first-order valence-corrected chi connectivity index (χ1v) is 8.90. The van der Waals surface area contributed by atoms with Crippen molar-refractivity contribution >= 4 is 27.2 Å². The summed E-state index contributed by atoms with van der Waals surface area (Å²) in [7, 11) is -3.40. The molecule has 1 saturated heterocycles. The Kier molecular flexibility index (Phi) is 4.87. The Bertz CT molecular complexity index is 618. The average molecular weight is 332 g/mol. The third kappa shape index (κ3) is 3.37. The smallest absolute Gasteiger partial charge is 0.252 e. The maximum absolute atomic E-state index is 12.5. The number of hydrogen-bond donors (Lipinski definition) is 2. The molecule has 0 spiro atoms. The molecule has 1 aromatic heterocycles. The third-order valence-corrected chi connectivity index (χ3v) is 7.04. The SMILES string of the molecule is Cc1ccc(S(=O)(=O)N2CCN(C(C)C(N)=NO)CC2)s1. The van der Waals surface area contributed by atoms with Gasteiger partial charge in [0.25, 0.3) is 10.0 Å². The van der Waals surface area contributed by atoms with Gasteiger partial charge in [0.15, 0.2) is 5.84 Å². The number of thiophene rings is 1. The monoisotopic (exact) mass is 332 g/mol. The van der Waals surface area contributed by atoms with E-state index in [4.69, 9.17) is 10.9 Å². The molecule has 0 aliphatic carbocycles. The molecule has 0 radical (unpaired) electrons. The van der Waals surface area contributed by atoms with E-state index in [-0.39, 0.29) is 11.9 Å². The molecule has 0 bridgehead atoms. The molecule has 1 unspecified atom stereocenters. The summed E-state index contributed by atoms with van der Waals surface area (Å²) in [6, 6.07) is 3.26. The van der Waals surface area contributed by atoms with Crippen molar-refractivity contribution in [3.8, 4) is 0 Å². The van der Waals surface area contributed by atoms with E-state index in [1.165, 1.54) is 15.6 Å². The molecule has 1 aromatic rings. The Morgan fingerprint density at radius 1 is 1.38 bits per heavy atom. The second-order valence-electron chi connectivity index (χ2n) is 5.01. The molecule has 0 amide bonds. The number of aryl methyl sites for hydroxylation is 1. The van der Waals surface area contributed by atoms with Crippen molar-refractivity contribution in [2.24, 2.45) is 10.9 Å². The summed E-state index contributed by atoms with van der Waals surface area (Å²) >= 11 is 1.29. The normalized spacial score (nSPS) is 20.6. The van der Waals surface area contributed by atoms with Gasteiger partial charge in [-0.05, 0) is 26.0 Å². The Morgan fingerprint density at radius 2 is 2.00 bits per heavy atom. The molecular formula is C12H20N4O3S2. The van der Waals surface area contributed by atoms with Gasteiger partial charge in [-0.1, -0.05) is 5.16 Å². The lowest BCUT2D eigenvalue weighted by molar-refractivity contribution is 0.171. The summed E-state index contributed by atoms with van der Waals surface area (Å²) in [5.41, 5.74) is 5.59. The van der Waals surface area contributed by atoms with Crippen LogP contribution in [0.1, 0.15) is 11.8 Å². The summed E-state index contributed by atoms with van der Waals surface area (Å²) in [6.45, 7) is 5.65. The van der Waals surface area contributed by atoms with Crippen molar-refractivity contribution in [1.82, 2.24) is 9.21 Å². The van der Waals surface area contributed by atoms with Crippen LogP contribution >= 0.6 is 11.3 Å². The van der Waals surface area contributed by atoms with Gasteiger partial charge in [0, 0.05) is 31.1 Å². The minimum atomic E-state index is -3.40. The van der Waals surface area contributed by atoms with E-state index in [1.54, 1.807) is 6.07 Å². The van der Waals surface area contributed by atoms with E-state index >= 15 is 0 Å². The molecule has 118 valence electrons. The summed E-state index contributed by atoms with van der Waals surface area (Å²) in [5.74, 6) is 0.139. The van der Waals surface area contributed by atoms with Gasteiger partial charge in [-0.25, -0.2) is 8.42 Å². The second-order valence-corrected chi connectivity index (χ2v) is 8.46. The van der Waals surface area contributed by atoms with E-state index in [2.05, 4.69) is 5.16 Å². The zero-order valence-corrected chi connectivity index (χ0v) is 13.7. The zero-order valence-electron chi connectivity index (χ0n) is 12.1. The second kappa shape index (κ2) is 6.30. The minimum absolute atomic E-state index is 0.139. The van der Waals surface area contributed by atoms with E-state index in [9.17, 15) is 8.42 Å². The first-order valence-electron chi connectivity index (χ1n) is 6.64. The van der Waals surface area contributed by atoms with Gasteiger partial charge in [0.05, 0.1) is 6.04 Å². The van der Waals surface area contributed by atoms with Crippen LogP contribution in [0.15, 0.2) is 21.5 Å². The molecule has 7 nitrogen and oxygen atoms in total. The van der Waals surface area contributed by atoms with Crippen LogP contribution < -0.4 is 5.73 Å². The highest BCUT2D eigenvalue weighted by atomic mass is 32.2. The maximum Gasteiger partial charge on any atom is 0.252 e. The number of amidine groups is 1. The Labute approximate surface area is 128 Å². The number of piperazine rings is 1. The van der Waals surface area contributed by atoms with Crippen LogP contribution in [0.2, 0.25) is 0 Å². The van der Waals surface area contributed by atoms with E-state index in [1.807, 2.05) is 24.8 Å². The van der Waals surface area contributed by atoms with Crippen LogP contribution in [0.4, 0.5) is 0 Å². The van der Waals surface area contributed by atoms with Gasteiger partial charge in [-0.15, -0.1) is 11.3 Å². The van der Waals surface area contributed by atoms with Crippen molar-refractivity contribution in [1.29, 1.82) is 0 Å². The fraction of sp³-hybridized carbons (Fsp3) is 0.583. The Hall–Kier alpha value is -1.16.